The molecule has 30 heavy (non-hydrogen) atoms. The molecule has 156 valence electrons. The molecule has 4 amide bonds. The molecule has 0 aliphatic carbocycles. The number of carbonyl (C=O) groups is 3. The summed E-state index contributed by atoms with van der Waals surface area (Å²) in [6, 6.07) is 10.8. The molecular weight excluding hydrogens is 409 g/mol. The summed E-state index contributed by atoms with van der Waals surface area (Å²) in [5.41, 5.74) is 0.308. The first-order valence-corrected chi connectivity index (χ1v) is 10.1. The molecule has 1 spiro atoms. The van der Waals surface area contributed by atoms with Crippen molar-refractivity contribution in [2.75, 3.05) is 13.1 Å². The zero-order chi connectivity index (χ0) is 21.5. The molecule has 0 radical (unpaired) electrons. The third-order valence-electron chi connectivity index (χ3n) is 5.70. The normalized spacial score (nSPS) is 21.3. The lowest BCUT2D eigenvalue weighted by molar-refractivity contribution is -0.133. The average molecular weight is 430 g/mol. The highest BCUT2D eigenvalue weighted by Gasteiger charge is 2.53. The van der Waals surface area contributed by atoms with Crippen LogP contribution in [-0.2, 0) is 11.3 Å². The second-order valence-electron chi connectivity index (χ2n) is 7.82. The fourth-order valence-electron chi connectivity index (χ4n) is 4.01. The van der Waals surface area contributed by atoms with Crippen molar-refractivity contribution >= 4 is 29.4 Å². The maximum atomic E-state index is 13.9. The van der Waals surface area contributed by atoms with Crippen molar-refractivity contribution in [1.29, 1.82) is 0 Å². The highest BCUT2D eigenvalue weighted by molar-refractivity contribution is 6.30. The van der Waals surface area contributed by atoms with Crippen LogP contribution in [-0.4, -0.2) is 46.3 Å². The Hall–Kier alpha value is -2.93. The fourth-order valence-corrected chi connectivity index (χ4v) is 4.13. The third-order valence-corrected chi connectivity index (χ3v) is 5.95. The van der Waals surface area contributed by atoms with Crippen LogP contribution in [0, 0.1) is 12.7 Å². The molecule has 2 aliphatic heterocycles. The minimum Gasteiger partial charge on any atom is -0.336 e. The first kappa shape index (κ1) is 20.3. The van der Waals surface area contributed by atoms with Crippen molar-refractivity contribution in [2.45, 2.75) is 31.8 Å². The predicted molar refractivity (Wildman–Crippen MR) is 110 cm³/mol. The van der Waals surface area contributed by atoms with E-state index in [0.717, 1.165) is 5.56 Å². The van der Waals surface area contributed by atoms with Crippen LogP contribution in [0.4, 0.5) is 9.18 Å². The van der Waals surface area contributed by atoms with E-state index in [1.165, 1.54) is 15.9 Å². The molecule has 4 rings (SSSR count). The van der Waals surface area contributed by atoms with E-state index in [2.05, 4.69) is 5.32 Å². The lowest BCUT2D eigenvalue weighted by atomic mass is 9.88. The van der Waals surface area contributed by atoms with Crippen molar-refractivity contribution in [3.05, 3.63) is 70.0 Å². The molecule has 0 bridgehead atoms. The van der Waals surface area contributed by atoms with E-state index in [1.807, 2.05) is 0 Å². The molecule has 2 aromatic carbocycles. The lowest BCUT2D eigenvalue weighted by Crippen LogP contribution is -2.59. The van der Waals surface area contributed by atoms with Crippen molar-refractivity contribution in [3.63, 3.8) is 0 Å². The Morgan fingerprint density at radius 1 is 1.20 bits per heavy atom. The number of nitrogens with zero attached hydrogens (tertiary/aromatic N) is 2. The summed E-state index contributed by atoms with van der Waals surface area (Å²) in [7, 11) is 0. The van der Waals surface area contributed by atoms with Crippen molar-refractivity contribution in [1.82, 2.24) is 15.1 Å². The molecule has 2 saturated heterocycles. The summed E-state index contributed by atoms with van der Waals surface area (Å²) < 4.78 is 13.9. The van der Waals surface area contributed by atoms with Crippen molar-refractivity contribution in [3.8, 4) is 0 Å². The average Bonchev–Trinajstić information content (AvgIpc) is 2.95. The number of piperidine rings is 1. The van der Waals surface area contributed by atoms with Gasteiger partial charge in [0.1, 0.15) is 11.4 Å². The van der Waals surface area contributed by atoms with E-state index in [0.29, 0.717) is 30.0 Å². The van der Waals surface area contributed by atoms with Crippen LogP contribution in [0.25, 0.3) is 0 Å². The van der Waals surface area contributed by atoms with Crippen molar-refractivity contribution < 1.29 is 18.8 Å². The number of rotatable bonds is 3. The van der Waals surface area contributed by atoms with E-state index in [9.17, 15) is 18.8 Å². The first-order valence-electron chi connectivity index (χ1n) is 9.73. The zero-order valence-corrected chi connectivity index (χ0v) is 17.2. The van der Waals surface area contributed by atoms with Gasteiger partial charge in [-0.25, -0.2) is 9.18 Å². The number of urea groups is 1. The van der Waals surface area contributed by atoms with Gasteiger partial charge in [-0.05, 0) is 55.2 Å². The van der Waals surface area contributed by atoms with Crippen LogP contribution in [0.3, 0.4) is 0 Å². The molecule has 1 unspecified atom stereocenters. The SMILES string of the molecule is Cc1ccc(C(=O)N2CCCC3(C2)NC(=O)N(Cc2ccc(Cl)cc2)C3=O)cc1F. The molecule has 2 heterocycles. The van der Waals surface area contributed by atoms with Gasteiger partial charge in [0, 0.05) is 17.1 Å². The van der Waals surface area contributed by atoms with E-state index >= 15 is 0 Å². The summed E-state index contributed by atoms with van der Waals surface area (Å²) in [6.07, 6.45) is 1.00. The minimum absolute atomic E-state index is 0.0586. The second-order valence-corrected chi connectivity index (χ2v) is 8.26. The van der Waals surface area contributed by atoms with Gasteiger partial charge in [0.05, 0.1) is 13.1 Å². The molecule has 2 aromatic rings. The van der Waals surface area contributed by atoms with Crippen LogP contribution in [0.15, 0.2) is 42.5 Å². The fraction of sp³-hybridized carbons (Fsp3) is 0.318. The number of carbonyl (C=O) groups excluding carboxylic acids is 3. The topological polar surface area (TPSA) is 69.7 Å². The quantitative estimate of drug-likeness (QED) is 0.759. The van der Waals surface area contributed by atoms with Gasteiger partial charge in [-0.3, -0.25) is 14.5 Å². The van der Waals surface area contributed by atoms with Gasteiger partial charge >= 0.3 is 6.03 Å². The monoisotopic (exact) mass is 429 g/mol. The summed E-state index contributed by atoms with van der Waals surface area (Å²) in [6.45, 7) is 2.25. The number of amides is 4. The van der Waals surface area contributed by atoms with Gasteiger partial charge in [-0.15, -0.1) is 0 Å². The van der Waals surface area contributed by atoms with Crippen LogP contribution in [0.2, 0.25) is 5.02 Å². The van der Waals surface area contributed by atoms with E-state index in [1.54, 1.807) is 43.3 Å². The molecule has 2 fully saturated rings. The van der Waals surface area contributed by atoms with Gasteiger partial charge < -0.3 is 10.2 Å². The maximum absolute atomic E-state index is 13.9. The van der Waals surface area contributed by atoms with E-state index in [-0.39, 0.29) is 30.5 Å². The summed E-state index contributed by atoms with van der Waals surface area (Å²) in [5, 5.41) is 3.37. The Balaban J connectivity index is 1.53. The Bertz CT molecular complexity index is 1030. The number of imide groups is 1. The summed E-state index contributed by atoms with van der Waals surface area (Å²) in [5.74, 6) is -1.16. The lowest BCUT2D eigenvalue weighted by Gasteiger charge is -2.38. The van der Waals surface area contributed by atoms with E-state index in [4.69, 9.17) is 11.6 Å². The van der Waals surface area contributed by atoms with E-state index < -0.39 is 17.4 Å². The molecule has 0 aromatic heterocycles. The summed E-state index contributed by atoms with van der Waals surface area (Å²) in [4.78, 5) is 41.3. The largest absolute Gasteiger partial charge is 0.336 e. The van der Waals surface area contributed by atoms with Gasteiger partial charge in [0.15, 0.2) is 0 Å². The second kappa shape index (κ2) is 7.72. The Morgan fingerprint density at radius 3 is 2.63 bits per heavy atom. The molecule has 1 N–H and O–H groups in total. The van der Waals surface area contributed by atoms with Crippen LogP contribution in [0.1, 0.15) is 34.3 Å². The Kier molecular flexibility index (Phi) is 5.24. The van der Waals surface area contributed by atoms with Crippen LogP contribution >= 0.6 is 11.6 Å². The Morgan fingerprint density at radius 2 is 1.93 bits per heavy atom. The molecule has 0 saturated carbocycles. The number of aryl methyl sites for hydroxylation is 1. The smallest absolute Gasteiger partial charge is 0.325 e. The third kappa shape index (κ3) is 3.65. The summed E-state index contributed by atoms with van der Waals surface area (Å²) >= 11 is 5.90. The molecular formula is C22H21ClFN3O3. The zero-order valence-electron chi connectivity index (χ0n) is 16.5. The number of hydrogen-bond donors (Lipinski definition) is 1. The highest BCUT2D eigenvalue weighted by Crippen LogP contribution is 2.30. The van der Waals surface area contributed by atoms with Crippen LogP contribution < -0.4 is 5.32 Å². The number of benzene rings is 2. The number of hydrogen-bond acceptors (Lipinski definition) is 3. The number of likely N-dealkylation sites (tertiary alicyclic amines) is 1. The van der Waals surface area contributed by atoms with Gasteiger partial charge in [0.2, 0.25) is 0 Å². The number of halogens is 2. The van der Waals surface area contributed by atoms with Gasteiger partial charge in [0.25, 0.3) is 11.8 Å². The maximum Gasteiger partial charge on any atom is 0.325 e. The highest BCUT2D eigenvalue weighted by atomic mass is 35.5. The van der Waals surface area contributed by atoms with Gasteiger partial charge in [-0.2, -0.15) is 0 Å². The predicted octanol–water partition coefficient (Wildman–Crippen LogP) is 3.51. The van der Waals surface area contributed by atoms with Crippen LogP contribution in [0.5, 0.6) is 0 Å². The number of nitrogens with one attached hydrogen (secondary N) is 1. The van der Waals surface area contributed by atoms with Crippen molar-refractivity contribution in [2.24, 2.45) is 0 Å². The van der Waals surface area contributed by atoms with Gasteiger partial charge in [-0.1, -0.05) is 29.8 Å². The Labute approximate surface area is 178 Å². The molecule has 8 heteroatoms. The standard InChI is InChI=1S/C22H21ClFN3O3/c1-14-3-6-16(11-18(14)24)19(28)26-10-2-9-22(13-26)20(29)27(21(30)25-22)12-15-4-7-17(23)8-5-15/h3-8,11H,2,9-10,12-13H2,1H3,(H,25,30). The molecule has 2 aliphatic rings. The minimum atomic E-state index is -1.15. The molecule has 6 nitrogen and oxygen atoms in total. The first-order chi connectivity index (χ1) is 14.3. The molecule has 1 atom stereocenters.